The molecule has 5 heteroatoms. The number of thiazole rings is 1. The highest BCUT2D eigenvalue weighted by atomic mass is 35.5. The molecule has 0 saturated carbocycles. The van der Waals surface area contributed by atoms with Gasteiger partial charge < -0.3 is 4.57 Å². The monoisotopic (exact) mass is 269 g/mol. The first kappa shape index (κ1) is 12.6. The number of imidazole rings is 1. The maximum atomic E-state index is 5.79. The lowest BCUT2D eigenvalue weighted by atomic mass is 10.2. The quantitative estimate of drug-likeness (QED) is 0.793. The van der Waals surface area contributed by atoms with Crippen molar-refractivity contribution in [2.75, 3.05) is 0 Å². The average Bonchev–Trinajstić information content (AvgIpc) is 2.92. The van der Waals surface area contributed by atoms with E-state index in [2.05, 4.69) is 28.4 Å². The van der Waals surface area contributed by atoms with E-state index in [1.807, 2.05) is 18.6 Å². The minimum Gasteiger partial charge on any atom is -0.325 e. The molecule has 0 fully saturated rings. The highest BCUT2D eigenvalue weighted by Crippen LogP contribution is 2.27. The van der Waals surface area contributed by atoms with Gasteiger partial charge in [-0.25, -0.2) is 9.97 Å². The van der Waals surface area contributed by atoms with Crippen LogP contribution in [0.5, 0.6) is 0 Å². The fraction of sp³-hybridized carbons (Fsp3) is 0.500. The number of hydrogen-bond donors (Lipinski definition) is 0. The third-order valence-electron chi connectivity index (χ3n) is 3.00. The Kier molecular flexibility index (Phi) is 3.84. The number of halogens is 1. The van der Waals surface area contributed by atoms with Crippen LogP contribution in [0.2, 0.25) is 0 Å². The van der Waals surface area contributed by atoms with Gasteiger partial charge in [-0.05, 0) is 20.3 Å². The summed E-state index contributed by atoms with van der Waals surface area (Å²) in [5.74, 6) is 0.481. The molecule has 92 valence electrons. The summed E-state index contributed by atoms with van der Waals surface area (Å²) in [6, 6.07) is 0.276. The molecule has 0 saturated heterocycles. The van der Waals surface area contributed by atoms with E-state index in [-0.39, 0.29) is 6.04 Å². The SMILES string of the molecule is CCC(c1nc(CCl)cs1)n1cnc(C)c1C. The maximum absolute atomic E-state index is 5.79. The third kappa shape index (κ3) is 2.38. The van der Waals surface area contributed by atoms with E-state index in [9.17, 15) is 0 Å². The van der Waals surface area contributed by atoms with Crippen molar-refractivity contribution in [2.45, 2.75) is 39.1 Å². The number of aryl methyl sites for hydroxylation is 1. The number of aromatic nitrogens is 3. The van der Waals surface area contributed by atoms with E-state index in [1.54, 1.807) is 11.3 Å². The van der Waals surface area contributed by atoms with Crippen molar-refractivity contribution < 1.29 is 0 Å². The number of hydrogen-bond acceptors (Lipinski definition) is 3. The van der Waals surface area contributed by atoms with Gasteiger partial charge in [0.05, 0.1) is 29.6 Å². The summed E-state index contributed by atoms with van der Waals surface area (Å²) in [6.45, 7) is 6.30. The molecule has 0 bridgehead atoms. The van der Waals surface area contributed by atoms with Gasteiger partial charge in [0.1, 0.15) is 5.01 Å². The predicted octanol–water partition coefficient (Wildman–Crippen LogP) is 3.69. The normalized spacial score (nSPS) is 12.9. The van der Waals surface area contributed by atoms with Crippen molar-refractivity contribution in [3.8, 4) is 0 Å². The second-order valence-electron chi connectivity index (χ2n) is 4.06. The van der Waals surface area contributed by atoms with Crippen molar-refractivity contribution in [1.82, 2.24) is 14.5 Å². The second-order valence-corrected chi connectivity index (χ2v) is 5.21. The van der Waals surface area contributed by atoms with E-state index in [0.29, 0.717) is 5.88 Å². The van der Waals surface area contributed by atoms with Crippen LogP contribution in [0.1, 0.15) is 41.5 Å². The molecule has 2 rings (SSSR count). The molecule has 2 heterocycles. The first-order valence-corrected chi connectivity index (χ1v) is 7.09. The van der Waals surface area contributed by atoms with E-state index in [1.165, 1.54) is 5.69 Å². The summed E-state index contributed by atoms with van der Waals surface area (Å²) < 4.78 is 2.20. The molecule has 17 heavy (non-hydrogen) atoms. The van der Waals surface area contributed by atoms with Crippen LogP contribution in [0.15, 0.2) is 11.7 Å². The van der Waals surface area contributed by atoms with E-state index in [4.69, 9.17) is 11.6 Å². The Morgan fingerprint density at radius 2 is 2.24 bits per heavy atom. The fourth-order valence-corrected chi connectivity index (χ4v) is 3.09. The highest BCUT2D eigenvalue weighted by molar-refractivity contribution is 7.09. The van der Waals surface area contributed by atoms with Crippen molar-refractivity contribution in [3.05, 3.63) is 33.8 Å². The standard InChI is InChI=1S/C12H16ClN3S/c1-4-11(12-15-10(5-13)6-17-12)16-7-14-8(2)9(16)3/h6-7,11H,4-5H2,1-3H3. The van der Waals surface area contributed by atoms with Crippen LogP contribution < -0.4 is 0 Å². The molecule has 0 aromatic carbocycles. The van der Waals surface area contributed by atoms with E-state index >= 15 is 0 Å². The predicted molar refractivity (Wildman–Crippen MR) is 71.8 cm³/mol. The summed E-state index contributed by atoms with van der Waals surface area (Å²) in [4.78, 5) is 8.92. The lowest BCUT2D eigenvalue weighted by molar-refractivity contribution is 0.550. The van der Waals surface area contributed by atoms with E-state index in [0.717, 1.165) is 22.8 Å². The zero-order chi connectivity index (χ0) is 12.4. The Hall–Kier alpha value is -0.870. The first-order chi connectivity index (χ1) is 8.17. The summed E-state index contributed by atoms with van der Waals surface area (Å²) in [5.41, 5.74) is 3.25. The lowest BCUT2D eigenvalue weighted by Gasteiger charge is -2.15. The summed E-state index contributed by atoms with van der Waals surface area (Å²) in [5, 5.41) is 3.15. The van der Waals surface area contributed by atoms with Crippen molar-refractivity contribution in [2.24, 2.45) is 0 Å². The molecule has 0 radical (unpaired) electrons. The third-order valence-corrected chi connectivity index (χ3v) is 4.27. The van der Waals surface area contributed by atoms with Crippen LogP contribution >= 0.6 is 22.9 Å². The smallest absolute Gasteiger partial charge is 0.116 e. The Bertz CT molecular complexity index is 504. The molecule has 1 unspecified atom stereocenters. The summed E-state index contributed by atoms with van der Waals surface area (Å²) in [6.07, 6.45) is 2.91. The molecule has 3 nitrogen and oxygen atoms in total. The average molecular weight is 270 g/mol. The van der Waals surface area contributed by atoms with Gasteiger partial charge in [-0.2, -0.15) is 0 Å². The van der Waals surface area contributed by atoms with Crippen molar-refractivity contribution in [1.29, 1.82) is 0 Å². The molecular weight excluding hydrogens is 254 g/mol. The molecule has 0 aliphatic heterocycles. The Morgan fingerprint density at radius 3 is 2.71 bits per heavy atom. The van der Waals surface area contributed by atoms with Gasteiger partial charge in [0.2, 0.25) is 0 Å². The van der Waals surface area contributed by atoms with Gasteiger partial charge >= 0.3 is 0 Å². The van der Waals surface area contributed by atoms with Crippen LogP contribution in [0.4, 0.5) is 0 Å². The Labute approximate surface area is 110 Å². The van der Waals surface area contributed by atoms with Gasteiger partial charge in [-0.1, -0.05) is 6.92 Å². The number of nitrogens with zero attached hydrogens (tertiary/aromatic N) is 3. The highest BCUT2D eigenvalue weighted by Gasteiger charge is 2.17. The zero-order valence-corrected chi connectivity index (χ0v) is 11.8. The van der Waals surface area contributed by atoms with Crippen LogP contribution in [-0.4, -0.2) is 14.5 Å². The number of rotatable bonds is 4. The van der Waals surface area contributed by atoms with Gasteiger partial charge in [0, 0.05) is 11.1 Å². The van der Waals surface area contributed by atoms with Crippen LogP contribution in [-0.2, 0) is 5.88 Å². The lowest BCUT2D eigenvalue weighted by Crippen LogP contribution is -2.10. The molecule has 2 aromatic rings. The van der Waals surface area contributed by atoms with Crippen molar-refractivity contribution in [3.63, 3.8) is 0 Å². The molecule has 0 N–H and O–H groups in total. The molecular formula is C12H16ClN3S. The minimum absolute atomic E-state index is 0.276. The van der Waals surface area contributed by atoms with Crippen LogP contribution in [0.3, 0.4) is 0 Å². The van der Waals surface area contributed by atoms with Crippen molar-refractivity contribution >= 4 is 22.9 Å². The maximum Gasteiger partial charge on any atom is 0.116 e. The van der Waals surface area contributed by atoms with E-state index < -0.39 is 0 Å². The molecule has 2 aromatic heterocycles. The van der Waals surface area contributed by atoms with Gasteiger partial charge in [-0.3, -0.25) is 0 Å². The molecule has 0 spiro atoms. The van der Waals surface area contributed by atoms with Gasteiger partial charge in [0.25, 0.3) is 0 Å². The topological polar surface area (TPSA) is 30.7 Å². The van der Waals surface area contributed by atoms with Gasteiger partial charge in [0.15, 0.2) is 0 Å². The van der Waals surface area contributed by atoms with Gasteiger partial charge in [-0.15, -0.1) is 22.9 Å². The Morgan fingerprint density at radius 1 is 1.47 bits per heavy atom. The molecule has 0 amide bonds. The Balaban J connectivity index is 2.36. The van der Waals surface area contributed by atoms with Crippen LogP contribution in [0.25, 0.3) is 0 Å². The number of alkyl halides is 1. The minimum atomic E-state index is 0.276. The van der Waals surface area contributed by atoms with Crippen LogP contribution in [0, 0.1) is 13.8 Å². The summed E-state index contributed by atoms with van der Waals surface area (Å²) in [7, 11) is 0. The second kappa shape index (κ2) is 5.19. The molecule has 0 aliphatic carbocycles. The summed E-state index contributed by atoms with van der Waals surface area (Å²) >= 11 is 7.47. The molecule has 1 atom stereocenters. The fourth-order valence-electron chi connectivity index (χ4n) is 1.86. The largest absolute Gasteiger partial charge is 0.325 e. The molecule has 0 aliphatic rings. The first-order valence-electron chi connectivity index (χ1n) is 5.67. The zero-order valence-electron chi connectivity index (χ0n) is 10.3.